The van der Waals surface area contributed by atoms with Crippen molar-refractivity contribution in [1.82, 2.24) is 20.4 Å². The number of amides is 4. The Hall–Kier alpha value is -2.58. The summed E-state index contributed by atoms with van der Waals surface area (Å²) >= 11 is 0. The van der Waals surface area contributed by atoms with Crippen molar-refractivity contribution in [2.24, 2.45) is 0 Å². The van der Waals surface area contributed by atoms with Gasteiger partial charge in [0, 0.05) is 38.1 Å². The van der Waals surface area contributed by atoms with E-state index in [1.165, 1.54) is 6.42 Å². The molecule has 3 saturated heterocycles. The number of imide groups is 2. The molecule has 3 fully saturated rings. The lowest BCUT2D eigenvalue weighted by Crippen LogP contribution is -2.59. The highest BCUT2D eigenvalue weighted by atomic mass is 16.2. The van der Waals surface area contributed by atoms with Crippen LogP contribution in [0.3, 0.4) is 0 Å². The third-order valence-electron chi connectivity index (χ3n) is 6.68. The Labute approximate surface area is 168 Å². The van der Waals surface area contributed by atoms with Crippen molar-refractivity contribution in [1.29, 1.82) is 0 Å². The minimum Gasteiger partial charge on any atom is -0.314 e. The number of rotatable bonds is 3. The van der Waals surface area contributed by atoms with E-state index in [-0.39, 0.29) is 18.7 Å². The molecule has 4 amide bonds. The molecule has 0 radical (unpaired) electrons. The van der Waals surface area contributed by atoms with Crippen molar-refractivity contribution >= 4 is 23.6 Å². The molecule has 2 N–H and O–H groups in total. The summed E-state index contributed by atoms with van der Waals surface area (Å²) in [6.45, 7) is 2.52. The molecule has 3 atom stereocenters. The molecule has 3 unspecified atom stereocenters. The van der Waals surface area contributed by atoms with E-state index >= 15 is 0 Å². The smallest absolute Gasteiger partial charge is 0.262 e. The second-order valence-electron chi connectivity index (χ2n) is 8.36. The van der Waals surface area contributed by atoms with E-state index in [4.69, 9.17) is 0 Å². The molecule has 0 saturated carbocycles. The quantitative estimate of drug-likeness (QED) is 0.719. The number of carbonyl (C=O) groups excluding carboxylic acids is 4. The molecule has 8 heteroatoms. The molecule has 0 aromatic heterocycles. The molecular formula is C21H24N4O4. The molecule has 4 aliphatic heterocycles. The zero-order valence-corrected chi connectivity index (χ0v) is 16.1. The molecule has 1 aromatic rings. The van der Waals surface area contributed by atoms with Crippen molar-refractivity contribution in [2.45, 2.75) is 56.8 Å². The van der Waals surface area contributed by atoms with Gasteiger partial charge in [-0.1, -0.05) is 18.6 Å². The zero-order valence-electron chi connectivity index (χ0n) is 16.1. The molecule has 4 aliphatic rings. The van der Waals surface area contributed by atoms with Gasteiger partial charge in [0.15, 0.2) is 0 Å². The number of benzene rings is 1. The van der Waals surface area contributed by atoms with Gasteiger partial charge in [0.2, 0.25) is 11.8 Å². The number of hydrogen-bond donors (Lipinski definition) is 2. The predicted molar refractivity (Wildman–Crippen MR) is 103 cm³/mol. The van der Waals surface area contributed by atoms with Crippen LogP contribution in [0, 0.1) is 0 Å². The summed E-state index contributed by atoms with van der Waals surface area (Å²) in [5.74, 6) is -1.81. The fourth-order valence-corrected chi connectivity index (χ4v) is 5.25. The van der Waals surface area contributed by atoms with E-state index in [0.717, 1.165) is 36.4 Å². The molecule has 4 heterocycles. The maximum absolute atomic E-state index is 13.3. The molecule has 1 aromatic carbocycles. The standard InChI is InChI=1S/C21H24N4O4/c26-17-8-7-16(19(27)23-17)25-20(28)15-6-1-3-12(18(15)21(25)29)11-24-13-4-2-5-14(24)10-22-9-13/h1,3,6,13-14,16,22H,2,4-5,7-11H2,(H,23,26,27). The number of piperazine rings is 1. The molecule has 0 spiro atoms. The fourth-order valence-electron chi connectivity index (χ4n) is 5.25. The maximum Gasteiger partial charge on any atom is 0.262 e. The van der Waals surface area contributed by atoms with E-state index in [1.807, 2.05) is 12.1 Å². The van der Waals surface area contributed by atoms with Crippen molar-refractivity contribution in [3.63, 3.8) is 0 Å². The summed E-state index contributed by atoms with van der Waals surface area (Å²) in [5.41, 5.74) is 1.62. The van der Waals surface area contributed by atoms with Crippen molar-refractivity contribution in [2.75, 3.05) is 13.1 Å². The van der Waals surface area contributed by atoms with Crippen LogP contribution in [0.2, 0.25) is 0 Å². The van der Waals surface area contributed by atoms with E-state index in [2.05, 4.69) is 15.5 Å². The van der Waals surface area contributed by atoms with Crippen LogP contribution in [0.25, 0.3) is 0 Å². The summed E-state index contributed by atoms with van der Waals surface area (Å²) in [6, 6.07) is 5.34. The first-order valence-electron chi connectivity index (χ1n) is 10.3. The average Bonchev–Trinajstić information content (AvgIpc) is 2.94. The lowest BCUT2D eigenvalue weighted by molar-refractivity contribution is -0.136. The second kappa shape index (κ2) is 7.03. The third-order valence-corrected chi connectivity index (χ3v) is 6.68. The van der Waals surface area contributed by atoms with Gasteiger partial charge in [-0.3, -0.25) is 34.3 Å². The van der Waals surface area contributed by atoms with E-state index in [0.29, 0.717) is 29.8 Å². The van der Waals surface area contributed by atoms with Crippen LogP contribution in [0.15, 0.2) is 18.2 Å². The van der Waals surface area contributed by atoms with Gasteiger partial charge in [-0.25, -0.2) is 0 Å². The first kappa shape index (κ1) is 18.4. The number of nitrogens with zero attached hydrogens (tertiary/aromatic N) is 2. The molecule has 2 bridgehead atoms. The number of carbonyl (C=O) groups is 4. The van der Waals surface area contributed by atoms with Gasteiger partial charge in [0.25, 0.3) is 11.8 Å². The monoisotopic (exact) mass is 396 g/mol. The Morgan fingerprint density at radius 3 is 2.45 bits per heavy atom. The Kier molecular flexibility index (Phi) is 4.48. The molecule has 152 valence electrons. The molecule has 29 heavy (non-hydrogen) atoms. The van der Waals surface area contributed by atoms with Crippen LogP contribution in [0.5, 0.6) is 0 Å². The molecule has 0 aliphatic carbocycles. The highest BCUT2D eigenvalue weighted by molar-refractivity contribution is 6.24. The van der Waals surface area contributed by atoms with Gasteiger partial charge in [0.1, 0.15) is 6.04 Å². The van der Waals surface area contributed by atoms with Crippen LogP contribution in [0.4, 0.5) is 0 Å². The SMILES string of the molecule is O=C1CCC(N2C(=O)c3cccc(CN4C5CCCC4CNC5)c3C2=O)C(=O)N1. The number of fused-ring (bicyclic) bond motifs is 3. The number of nitrogens with one attached hydrogen (secondary N) is 2. The molecular weight excluding hydrogens is 372 g/mol. The average molecular weight is 396 g/mol. The summed E-state index contributed by atoms with van der Waals surface area (Å²) in [5, 5.41) is 5.73. The first-order chi connectivity index (χ1) is 14.0. The fraction of sp³-hybridized carbons (Fsp3) is 0.524. The van der Waals surface area contributed by atoms with Crippen LogP contribution in [-0.4, -0.2) is 64.6 Å². The summed E-state index contributed by atoms with van der Waals surface area (Å²) in [4.78, 5) is 53.5. The first-order valence-corrected chi connectivity index (χ1v) is 10.3. The summed E-state index contributed by atoms with van der Waals surface area (Å²) in [7, 11) is 0. The maximum atomic E-state index is 13.3. The summed E-state index contributed by atoms with van der Waals surface area (Å²) in [6.07, 6.45) is 3.79. The number of hydrogen-bond acceptors (Lipinski definition) is 6. The van der Waals surface area contributed by atoms with Gasteiger partial charge in [-0.2, -0.15) is 0 Å². The lowest BCUT2D eigenvalue weighted by Gasteiger charge is -2.46. The predicted octanol–water partition coefficient (Wildman–Crippen LogP) is 0.414. The van der Waals surface area contributed by atoms with Crippen LogP contribution >= 0.6 is 0 Å². The second-order valence-corrected chi connectivity index (χ2v) is 8.36. The van der Waals surface area contributed by atoms with E-state index in [9.17, 15) is 19.2 Å². The Balaban J connectivity index is 1.45. The van der Waals surface area contributed by atoms with Crippen LogP contribution in [0.1, 0.15) is 58.4 Å². The number of piperidine rings is 2. The lowest BCUT2D eigenvalue weighted by atomic mass is 9.91. The Morgan fingerprint density at radius 2 is 1.72 bits per heavy atom. The van der Waals surface area contributed by atoms with Crippen molar-refractivity contribution in [3.8, 4) is 0 Å². The normalized spacial score (nSPS) is 29.8. The van der Waals surface area contributed by atoms with Crippen molar-refractivity contribution < 1.29 is 19.2 Å². The highest BCUT2D eigenvalue weighted by Gasteiger charge is 2.46. The van der Waals surface area contributed by atoms with Gasteiger partial charge in [-0.05, 0) is 30.9 Å². The zero-order chi connectivity index (χ0) is 20.1. The topological polar surface area (TPSA) is 98.8 Å². The highest BCUT2D eigenvalue weighted by Crippen LogP contribution is 2.33. The minimum absolute atomic E-state index is 0.126. The molecule has 5 rings (SSSR count). The van der Waals surface area contributed by atoms with Gasteiger partial charge in [-0.15, -0.1) is 0 Å². The van der Waals surface area contributed by atoms with Gasteiger partial charge in [0.05, 0.1) is 11.1 Å². The Morgan fingerprint density at radius 1 is 0.966 bits per heavy atom. The largest absolute Gasteiger partial charge is 0.314 e. The Bertz CT molecular complexity index is 892. The minimum atomic E-state index is -0.925. The van der Waals surface area contributed by atoms with Crippen LogP contribution in [-0.2, 0) is 16.1 Å². The van der Waals surface area contributed by atoms with Gasteiger partial charge >= 0.3 is 0 Å². The van der Waals surface area contributed by atoms with Gasteiger partial charge < -0.3 is 5.32 Å². The third kappa shape index (κ3) is 2.98. The van der Waals surface area contributed by atoms with E-state index < -0.39 is 23.8 Å². The van der Waals surface area contributed by atoms with E-state index in [1.54, 1.807) is 6.07 Å². The molecule has 8 nitrogen and oxygen atoms in total. The summed E-state index contributed by atoms with van der Waals surface area (Å²) < 4.78 is 0. The van der Waals surface area contributed by atoms with Crippen LogP contribution < -0.4 is 10.6 Å². The van der Waals surface area contributed by atoms with Crippen molar-refractivity contribution in [3.05, 3.63) is 34.9 Å².